The molecule has 0 spiro atoms. The molecule has 72 valence electrons. The molecule has 0 bridgehead atoms. The first-order valence-electron chi connectivity index (χ1n) is 4.43. The number of hydrogen-bond donors (Lipinski definition) is 1. The number of hydrogen-bond acceptors (Lipinski definition) is 3. The monoisotopic (exact) mass is 192 g/mol. The lowest BCUT2D eigenvalue weighted by molar-refractivity contribution is 0.0399. The summed E-state index contributed by atoms with van der Waals surface area (Å²) < 4.78 is 5.55. The number of nitrogens with one attached hydrogen (secondary N) is 1. The number of nitrogens with zero attached hydrogens (tertiary/aromatic N) is 1. The van der Waals surface area contributed by atoms with Crippen LogP contribution in [0.25, 0.3) is 0 Å². The van der Waals surface area contributed by atoms with Crippen molar-refractivity contribution < 1.29 is 4.74 Å². The fraction of sp³-hybridized carbons (Fsp3) is 1.00. The maximum Gasteiger partial charge on any atom is 0.123 e. The van der Waals surface area contributed by atoms with E-state index in [1.165, 1.54) is 19.4 Å². The van der Waals surface area contributed by atoms with E-state index in [1.54, 1.807) is 0 Å². The van der Waals surface area contributed by atoms with Crippen LogP contribution in [0.2, 0.25) is 0 Å². The molecule has 2 fully saturated rings. The summed E-state index contributed by atoms with van der Waals surface area (Å²) in [7, 11) is 2.18. The molecule has 0 radical (unpaired) electrons. The molecular weight excluding hydrogens is 176 g/mol. The van der Waals surface area contributed by atoms with E-state index in [2.05, 4.69) is 17.3 Å². The first kappa shape index (κ1) is 10.3. The molecule has 12 heavy (non-hydrogen) atoms. The van der Waals surface area contributed by atoms with Gasteiger partial charge in [0.1, 0.15) is 6.23 Å². The molecule has 0 saturated carbocycles. The molecule has 4 heteroatoms. The summed E-state index contributed by atoms with van der Waals surface area (Å²) in [6.45, 7) is 3.14. The van der Waals surface area contributed by atoms with Crippen LogP contribution in [-0.2, 0) is 4.74 Å². The van der Waals surface area contributed by atoms with Gasteiger partial charge in [0.05, 0.1) is 6.61 Å². The zero-order chi connectivity index (χ0) is 7.68. The summed E-state index contributed by atoms with van der Waals surface area (Å²) in [5, 5.41) is 3.37. The molecular formula is C8H17ClN2O. The normalized spacial score (nSPS) is 36.8. The molecule has 0 aromatic rings. The van der Waals surface area contributed by atoms with E-state index >= 15 is 0 Å². The SMILES string of the molecule is CN1CCCC1C1NCCO1.Cl. The third kappa shape index (κ3) is 1.91. The van der Waals surface area contributed by atoms with Crippen LogP contribution in [0.15, 0.2) is 0 Å². The second-order valence-electron chi connectivity index (χ2n) is 3.44. The largest absolute Gasteiger partial charge is 0.360 e. The zero-order valence-electron chi connectivity index (χ0n) is 7.45. The Balaban J connectivity index is 0.000000720. The topological polar surface area (TPSA) is 24.5 Å². The second-order valence-corrected chi connectivity index (χ2v) is 3.44. The van der Waals surface area contributed by atoms with Crippen molar-refractivity contribution in [2.75, 3.05) is 26.7 Å². The molecule has 2 heterocycles. The summed E-state index contributed by atoms with van der Waals surface area (Å²) in [5.74, 6) is 0. The lowest BCUT2D eigenvalue weighted by Gasteiger charge is -2.24. The van der Waals surface area contributed by atoms with E-state index in [4.69, 9.17) is 4.74 Å². The molecule has 0 amide bonds. The van der Waals surface area contributed by atoms with Gasteiger partial charge in [0.25, 0.3) is 0 Å². The number of halogens is 1. The number of rotatable bonds is 1. The van der Waals surface area contributed by atoms with E-state index < -0.39 is 0 Å². The van der Waals surface area contributed by atoms with Gasteiger partial charge >= 0.3 is 0 Å². The number of likely N-dealkylation sites (N-methyl/N-ethyl adjacent to an activating group) is 1. The molecule has 1 N–H and O–H groups in total. The molecule has 2 saturated heterocycles. The molecule has 2 aliphatic rings. The minimum absolute atomic E-state index is 0. The van der Waals surface area contributed by atoms with Crippen LogP contribution < -0.4 is 5.32 Å². The van der Waals surface area contributed by atoms with Crippen molar-refractivity contribution in [1.29, 1.82) is 0 Å². The van der Waals surface area contributed by atoms with E-state index in [1.807, 2.05) is 0 Å². The van der Waals surface area contributed by atoms with Crippen LogP contribution in [0.1, 0.15) is 12.8 Å². The van der Waals surface area contributed by atoms with Crippen molar-refractivity contribution in [1.82, 2.24) is 10.2 Å². The highest BCUT2D eigenvalue weighted by atomic mass is 35.5. The second kappa shape index (κ2) is 4.42. The lowest BCUT2D eigenvalue weighted by Crippen LogP contribution is -2.42. The molecule has 3 nitrogen and oxygen atoms in total. The Morgan fingerprint density at radius 1 is 1.50 bits per heavy atom. The van der Waals surface area contributed by atoms with E-state index in [9.17, 15) is 0 Å². The Kier molecular flexibility index (Phi) is 3.77. The van der Waals surface area contributed by atoms with Crippen LogP contribution in [0.5, 0.6) is 0 Å². The van der Waals surface area contributed by atoms with Gasteiger partial charge < -0.3 is 4.74 Å². The van der Waals surface area contributed by atoms with Crippen LogP contribution >= 0.6 is 12.4 Å². The first-order chi connectivity index (χ1) is 5.38. The Morgan fingerprint density at radius 2 is 2.33 bits per heavy atom. The smallest absolute Gasteiger partial charge is 0.123 e. The molecule has 2 aliphatic heterocycles. The van der Waals surface area contributed by atoms with Crippen molar-refractivity contribution in [3.8, 4) is 0 Å². The molecule has 0 aromatic carbocycles. The van der Waals surface area contributed by atoms with Gasteiger partial charge in [-0.2, -0.15) is 0 Å². The lowest BCUT2D eigenvalue weighted by atomic mass is 10.2. The molecule has 2 unspecified atom stereocenters. The fourth-order valence-electron chi connectivity index (χ4n) is 2.01. The molecule has 2 rings (SSSR count). The maximum atomic E-state index is 5.55. The van der Waals surface area contributed by atoms with Crippen LogP contribution in [0.4, 0.5) is 0 Å². The van der Waals surface area contributed by atoms with Crippen LogP contribution in [-0.4, -0.2) is 43.9 Å². The predicted molar refractivity (Wildman–Crippen MR) is 50.6 cm³/mol. The van der Waals surface area contributed by atoms with E-state index in [0.29, 0.717) is 12.3 Å². The van der Waals surface area contributed by atoms with Gasteiger partial charge in [0.15, 0.2) is 0 Å². The van der Waals surface area contributed by atoms with E-state index in [0.717, 1.165) is 13.2 Å². The average molecular weight is 193 g/mol. The minimum Gasteiger partial charge on any atom is -0.360 e. The standard InChI is InChI=1S/C8H16N2O.ClH/c1-10-5-2-3-7(10)8-9-4-6-11-8;/h7-9H,2-6H2,1H3;1H. The molecule has 0 aromatic heterocycles. The van der Waals surface area contributed by atoms with Crippen LogP contribution in [0, 0.1) is 0 Å². The van der Waals surface area contributed by atoms with Gasteiger partial charge in [-0.1, -0.05) is 0 Å². The summed E-state index contributed by atoms with van der Waals surface area (Å²) in [6, 6.07) is 0.623. The van der Waals surface area contributed by atoms with Crippen molar-refractivity contribution >= 4 is 12.4 Å². The molecule has 0 aliphatic carbocycles. The minimum atomic E-state index is 0. The summed E-state index contributed by atoms with van der Waals surface area (Å²) >= 11 is 0. The first-order valence-corrected chi connectivity index (χ1v) is 4.43. The maximum absolute atomic E-state index is 5.55. The van der Waals surface area contributed by atoms with Gasteiger partial charge in [-0.15, -0.1) is 12.4 Å². The van der Waals surface area contributed by atoms with Crippen molar-refractivity contribution in [2.24, 2.45) is 0 Å². The Labute approximate surface area is 79.9 Å². The van der Waals surface area contributed by atoms with Gasteiger partial charge in [0, 0.05) is 12.6 Å². The molecule has 2 atom stereocenters. The fourth-order valence-corrected chi connectivity index (χ4v) is 2.01. The van der Waals surface area contributed by atoms with Gasteiger partial charge in [0.2, 0.25) is 0 Å². The Bertz CT molecular complexity index is 139. The number of likely N-dealkylation sites (tertiary alicyclic amines) is 1. The van der Waals surface area contributed by atoms with Crippen molar-refractivity contribution in [2.45, 2.75) is 25.1 Å². The quantitative estimate of drug-likeness (QED) is 0.653. The van der Waals surface area contributed by atoms with Crippen molar-refractivity contribution in [3.05, 3.63) is 0 Å². The third-order valence-corrected chi connectivity index (χ3v) is 2.67. The Morgan fingerprint density at radius 3 is 2.83 bits per heavy atom. The highest BCUT2D eigenvalue weighted by molar-refractivity contribution is 5.85. The summed E-state index contributed by atoms with van der Waals surface area (Å²) in [4.78, 5) is 2.39. The zero-order valence-corrected chi connectivity index (χ0v) is 8.27. The summed E-state index contributed by atoms with van der Waals surface area (Å²) in [6.07, 6.45) is 2.92. The van der Waals surface area contributed by atoms with Gasteiger partial charge in [-0.3, -0.25) is 10.2 Å². The summed E-state index contributed by atoms with van der Waals surface area (Å²) in [5.41, 5.74) is 0. The van der Waals surface area contributed by atoms with Crippen LogP contribution in [0.3, 0.4) is 0 Å². The predicted octanol–water partition coefficient (Wildman–Crippen LogP) is 0.448. The number of ether oxygens (including phenoxy) is 1. The van der Waals surface area contributed by atoms with Gasteiger partial charge in [-0.25, -0.2) is 0 Å². The van der Waals surface area contributed by atoms with Gasteiger partial charge in [-0.05, 0) is 26.4 Å². The third-order valence-electron chi connectivity index (χ3n) is 2.67. The van der Waals surface area contributed by atoms with E-state index in [-0.39, 0.29) is 12.4 Å². The highest BCUT2D eigenvalue weighted by Gasteiger charge is 2.31. The average Bonchev–Trinajstić information content (AvgIpc) is 2.55. The highest BCUT2D eigenvalue weighted by Crippen LogP contribution is 2.19. The van der Waals surface area contributed by atoms with Crippen molar-refractivity contribution in [3.63, 3.8) is 0 Å². The Hall–Kier alpha value is 0.170.